The normalized spacial score (nSPS) is 22.9. The van der Waals surface area contributed by atoms with E-state index in [0.29, 0.717) is 23.0 Å². The minimum absolute atomic E-state index is 0.112. The van der Waals surface area contributed by atoms with Crippen molar-refractivity contribution in [2.24, 2.45) is 5.11 Å². The molecule has 1 aliphatic heterocycles. The van der Waals surface area contributed by atoms with E-state index in [1.165, 1.54) is 13.8 Å². The number of rotatable bonds is 10. The van der Waals surface area contributed by atoms with Crippen molar-refractivity contribution < 1.29 is 33.3 Å². The summed E-state index contributed by atoms with van der Waals surface area (Å²) in [6.07, 6.45) is -2.72. The number of nitrogens with zero attached hydrogens (tertiary/aromatic N) is 3. The molecule has 12 heteroatoms. The van der Waals surface area contributed by atoms with Gasteiger partial charge >= 0.3 is 0 Å². The highest BCUT2D eigenvalue weighted by Crippen LogP contribution is 2.30. The van der Waals surface area contributed by atoms with Gasteiger partial charge in [-0.15, -0.1) is 0 Å². The highest BCUT2D eigenvalue weighted by Gasteiger charge is 2.49. The number of amides is 2. The first kappa shape index (κ1) is 26.5. The molecule has 0 saturated carbocycles. The van der Waals surface area contributed by atoms with Crippen LogP contribution in [0.15, 0.2) is 53.6 Å². The molecular weight excluding hydrogens is 470 g/mol. The van der Waals surface area contributed by atoms with Gasteiger partial charge < -0.3 is 34.3 Å². The number of nitrogens with one attached hydrogen (secondary N) is 2. The average molecular weight is 500 g/mol. The molecule has 1 heterocycles. The van der Waals surface area contributed by atoms with Crippen LogP contribution in [0.4, 0.5) is 0 Å². The second kappa shape index (κ2) is 12.5. The largest absolute Gasteiger partial charge is 0.497 e. The Labute approximate surface area is 208 Å². The number of hydrogen-bond acceptors (Lipinski definition) is 8. The van der Waals surface area contributed by atoms with Crippen LogP contribution in [0.2, 0.25) is 0 Å². The van der Waals surface area contributed by atoms with Crippen LogP contribution >= 0.6 is 0 Å². The lowest BCUT2D eigenvalue weighted by atomic mass is 9.93. The van der Waals surface area contributed by atoms with E-state index >= 15 is 0 Å². The summed E-state index contributed by atoms with van der Waals surface area (Å²) in [6, 6.07) is 12.0. The van der Waals surface area contributed by atoms with Crippen molar-refractivity contribution in [1.29, 1.82) is 0 Å². The van der Waals surface area contributed by atoms with Crippen molar-refractivity contribution in [3.63, 3.8) is 0 Å². The molecule has 0 unspecified atom stereocenters. The van der Waals surface area contributed by atoms with Crippen LogP contribution in [0.5, 0.6) is 23.0 Å². The van der Waals surface area contributed by atoms with Crippen molar-refractivity contribution >= 4 is 11.8 Å². The van der Waals surface area contributed by atoms with Crippen molar-refractivity contribution in [3.8, 4) is 23.0 Å². The van der Waals surface area contributed by atoms with Crippen molar-refractivity contribution in [2.75, 3.05) is 20.8 Å². The summed E-state index contributed by atoms with van der Waals surface area (Å²) in [4.78, 5) is 27.1. The maximum atomic E-state index is 12.2. The van der Waals surface area contributed by atoms with E-state index in [-0.39, 0.29) is 18.4 Å². The SMILES string of the molecule is COc1ccc(O[C@H]2O[C@H](CN=[N+]=[N-])[C@@H](NC(C)=O)[C@H](Oc3ccc(OC)cc3)[C@H]2NC(C)=O)cc1. The maximum Gasteiger partial charge on any atom is 0.224 e. The van der Waals surface area contributed by atoms with E-state index in [4.69, 9.17) is 29.2 Å². The molecule has 1 aliphatic rings. The highest BCUT2D eigenvalue weighted by molar-refractivity contribution is 5.74. The third-order valence-electron chi connectivity index (χ3n) is 5.42. The fourth-order valence-corrected chi connectivity index (χ4v) is 3.85. The van der Waals surface area contributed by atoms with E-state index in [0.717, 1.165) is 0 Å². The van der Waals surface area contributed by atoms with Gasteiger partial charge in [0, 0.05) is 18.8 Å². The minimum atomic E-state index is -1.05. The first-order chi connectivity index (χ1) is 17.3. The van der Waals surface area contributed by atoms with Crippen molar-refractivity contribution in [3.05, 3.63) is 59.0 Å². The molecule has 192 valence electrons. The molecule has 2 aromatic rings. The Hall–Kier alpha value is -4.15. The highest BCUT2D eigenvalue weighted by atomic mass is 16.7. The second-order valence-electron chi connectivity index (χ2n) is 7.96. The van der Waals surface area contributed by atoms with Crippen molar-refractivity contribution in [1.82, 2.24) is 10.6 Å². The lowest BCUT2D eigenvalue weighted by Crippen LogP contribution is -2.70. The molecule has 1 fully saturated rings. The van der Waals surface area contributed by atoms with E-state index in [1.807, 2.05) is 0 Å². The molecule has 3 rings (SSSR count). The standard InChI is InChI=1S/C24H29N5O7/c1-14(30)27-21-20(13-26-29-25)36-24(35-19-11-7-17(33-4)8-12-19)22(28-15(2)31)23(21)34-18-9-5-16(32-3)6-10-18/h5-12,20-24H,13H2,1-4H3,(H,27,30)(H,28,31)/t20-,21-,22-,23+,24+/m1/s1. The monoisotopic (exact) mass is 499 g/mol. The number of carbonyl (C=O) groups excluding carboxylic acids is 2. The van der Waals surface area contributed by atoms with Gasteiger partial charge in [0.05, 0.1) is 32.9 Å². The zero-order valence-electron chi connectivity index (χ0n) is 20.4. The van der Waals surface area contributed by atoms with Crippen LogP contribution in [0.3, 0.4) is 0 Å². The quantitative estimate of drug-likeness (QED) is 0.289. The van der Waals surface area contributed by atoms with Gasteiger partial charge in [0.2, 0.25) is 18.1 Å². The van der Waals surface area contributed by atoms with Gasteiger partial charge in [-0.3, -0.25) is 9.59 Å². The molecule has 0 bridgehead atoms. The molecule has 5 atom stereocenters. The Balaban J connectivity index is 2.01. The molecule has 12 nitrogen and oxygen atoms in total. The first-order valence-electron chi connectivity index (χ1n) is 11.2. The Bertz CT molecular complexity index is 1070. The molecule has 2 aromatic carbocycles. The van der Waals surface area contributed by atoms with Crippen LogP contribution in [0.1, 0.15) is 13.8 Å². The topological polar surface area (TPSA) is 153 Å². The number of carbonyl (C=O) groups is 2. The summed E-state index contributed by atoms with van der Waals surface area (Å²) in [5.74, 6) is 1.46. The predicted octanol–water partition coefficient (Wildman–Crippen LogP) is 2.57. The van der Waals surface area contributed by atoms with Crippen LogP contribution in [0.25, 0.3) is 10.4 Å². The molecule has 0 spiro atoms. The Kier molecular flexibility index (Phi) is 9.20. The Morgan fingerprint density at radius 2 is 1.33 bits per heavy atom. The minimum Gasteiger partial charge on any atom is -0.497 e. The Morgan fingerprint density at radius 1 is 0.861 bits per heavy atom. The van der Waals surface area contributed by atoms with Crippen LogP contribution in [-0.2, 0) is 14.3 Å². The van der Waals surface area contributed by atoms with E-state index in [1.54, 1.807) is 62.8 Å². The summed E-state index contributed by atoms with van der Waals surface area (Å²) in [5.41, 5.74) is 8.91. The molecule has 1 saturated heterocycles. The smallest absolute Gasteiger partial charge is 0.224 e. The molecule has 0 aromatic heterocycles. The van der Waals surface area contributed by atoms with Crippen LogP contribution in [0, 0.1) is 0 Å². The number of hydrogen-bond donors (Lipinski definition) is 2. The fraction of sp³-hybridized carbons (Fsp3) is 0.417. The van der Waals surface area contributed by atoms with Gasteiger partial charge in [0.25, 0.3) is 0 Å². The van der Waals surface area contributed by atoms with Gasteiger partial charge in [-0.05, 0) is 54.1 Å². The summed E-state index contributed by atoms with van der Waals surface area (Å²) in [5, 5.41) is 9.29. The number of methoxy groups -OCH3 is 2. The predicted molar refractivity (Wildman–Crippen MR) is 129 cm³/mol. The molecule has 2 N–H and O–H groups in total. The van der Waals surface area contributed by atoms with E-state index in [2.05, 4.69) is 20.7 Å². The van der Waals surface area contributed by atoms with E-state index in [9.17, 15) is 9.59 Å². The summed E-state index contributed by atoms with van der Waals surface area (Å²) >= 11 is 0. The number of benzene rings is 2. The molecule has 2 amide bonds. The fourth-order valence-electron chi connectivity index (χ4n) is 3.85. The van der Waals surface area contributed by atoms with Crippen LogP contribution < -0.4 is 29.6 Å². The van der Waals surface area contributed by atoms with Gasteiger partial charge in [0.1, 0.15) is 35.1 Å². The van der Waals surface area contributed by atoms with Crippen molar-refractivity contribution in [2.45, 2.75) is 44.4 Å². The molecule has 36 heavy (non-hydrogen) atoms. The number of ether oxygens (including phenoxy) is 5. The zero-order valence-corrected chi connectivity index (χ0v) is 20.4. The lowest BCUT2D eigenvalue weighted by Gasteiger charge is -2.46. The summed E-state index contributed by atoms with van der Waals surface area (Å²) in [6.45, 7) is 2.59. The average Bonchev–Trinajstić information content (AvgIpc) is 2.86. The maximum absolute atomic E-state index is 12.2. The zero-order chi connectivity index (χ0) is 26.1. The van der Waals surface area contributed by atoms with Gasteiger partial charge in [0.15, 0.2) is 0 Å². The second-order valence-corrected chi connectivity index (χ2v) is 7.96. The van der Waals surface area contributed by atoms with Gasteiger partial charge in [-0.2, -0.15) is 0 Å². The molecular formula is C24H29N5O7. The third kappa shape index (κ3) is 6.94. The third-order valence-corrected chi connectivity index (χ3v) is 5.42. The molecule has 0 aliphatic carbocycles. The van der Waals surface area contributed by atoms with Gasteiger partial charge in [-0.1, -0.05) is 5.11 Å². The Morgan fingerprint density at radius 3 is 1.81 bits per heavy atom. The molecule has 0 radical (unpaired) electrons. The van der Waals surface area contributed by atoms with E-state index < -0.39 is 30.6 Å². The number of azide groups is 1. The van der Waals surface area contributed by atoms with Gasteiger partial charge in [-0.25, -0.2) is 0 Å². The summed E-state index contributed by atoms with van der Waals surface area (Å²) < 4.78 is 28.9. The first-order valence-corrected chi connectivity index (χ1v) is 11.2. The van der Waals surface area contributed by atoms with Crippen LogP contribution in [-0.4, -0.2) is 63.2 Å². The summed E-state index contributed by atoms with van der Waals surface area (Å²) in [7, 11) is 3.10. The lowest BCUT2D eigenvalue weighted by molar-refractivity contribution is -0.200.